The Hall–Kier alpha value is -1.96. The van der Waals surface area contributed by atoms with E-state index in [4.69, 9.17) is 12.2 Å². The molecule has 0 unspecified atom stereocenters. The predicted octanol–water partition coefficient (Wildman–Crippen LogP) is 7.04. The second kappa shape index (κ2) is 20.6. The van der Waals surface area contributed by atoms with Crippen molar-refractivity contribution in [2.75, 3.05) is 18.8 Å². The molecule has 0 spiro atoms. The molecule has 0 aliphatic rings. The molecule has 5 nitrogen and oxygen atoms in total. The Balaban J connectivity index is 2.22. The largest absolute Gasteiger partial charge is 0.369 e. The molecule has 0 aromatic carbocycles. The van der Waals surface area contributed by atoms with E-state index in [0.717, 1.165) is 70.2 Å². The smallest absolute Gasteiger partial charge is 0.222 e. The number of aromatic nitrogens is 2. The van der Waals surface area contributed by atoms with E-state index in [1.807, 2.05) is 0 Å². The van der Waals surface area contributed by atoms with Crippen LogP contribution in [0.25, 0.3) is 0 Å². The molecule has 0 saturated heterocycles. The van der Waals surface area contributed by atoms with Gasteiger partial charge in [-0.3, -0.25) is 4.79 Å². The van der Waals surface area contributed by atoms with E-state index in [1.165, 1.54) is 64.2 Å². The highest BCUT2D eigenvalue weighted by Gasteiger charge is 2.13. The van der Waals surface area contributed by atoms with Gasteiger partial charge in [0.15, 0.2) is 5.95 Å². The van der Waals surface area contributed by atoms with Crippen molar-refractivity contribution in [3.05, 3.63) is 11.9 Å². The molecule has 0 fully saturated rings. The number of aromatic amines is 1. The van der Waals surface area contributed by atoms with Gasteiger partial charge in [0.25, 0.3) is 0 Å². The van der Waals surface area contributed by atoms with Crippen LogP contribution < -0.4 is 5.73 Å². The molecule has 1 aromatic heterocycles. The highest BCUT2D eigenvalue weighted by atomic mass is 16.2. The van der Waals surface area contributed by atoms with Gasteiger partial charge in [-0.2, -0.15) is 0 Å². The van der Waals surface area contributed by atoms with Crippen LogP contribution in [0.3, 0.4) is 0 Å². The molecule has 1 amide bonds. The molecule has 1 aromatic rings. The van der Waals surface area contributed by atoms with Crippen molar-refractivity contribution in [3.8, 4) is 12.3 Å². The summed E-state index contributed by atoms with van der Waals surface area (Å²) in [6.07, 6.45) is 29.3. The van der Waals surface area contributed by atoms with Crippen LogP contribution in [0, 0.1) is 12.3 Å². The van der Waals surface area contributed by atoms with Gasteiger partial charge in [0, 0.05) is 31.6 Å². The number of nitrogens with zero attached hydrogens (tertiary/aromatic N) is 2. The molecular weight excluding hydrogens is 408 g/mol. The first-order valence-corrected chi connectivity index (χ1v) is 13.7. The first-order chi connectivity index (χ1) is 16.2. The summed E-state index contributed by atoms with van der Waals surface area (Å²) in [4.78, 5) is 22.0. The number of nitrogens with one attached hydrogen (secondary N) is 1. The lowest BCUT2D eigenvalue weighted by molar-refractivity contribution is -0.131. The Morgan fingerprint density at radius 1 is 0.909 bits per heavy atom. The van der Waals surface area contributed by atoms with Crippen LogP contribution in [-0.2, 0) is 11.2 Å². The standard InChI is InChI=1S/C28H50N4O/c1-3-5-7-9-11-12-13-14-15-17-19-24-32(23-18-16-10-8-6-4-2)27(33)22-20-21-26-25-30-28(29)31-26/h2,25H,3,5-24H2,1H3,(H3,29,30,31). The molecule has 3 N–H and O–H groups in total. The fraction of sp³-hybridized carbons (Fsp3) is 0.786. The molecule has 0 aliphatic heterocycles. The number of carbonyl (C=O) groups is 1. The second-order valence-corrected chi connectivity index (χ2v) is 9.43. The summed E-state index contributed by atoms with van der Waals surface area (Å²) in [6, 6.07) is 0. The van der Waals surface area contributed by atoms with Crippen molar-refractivity contribution < 1.29 is 4.79 Å². The third kappa shape index (κ3) is 16.3. The van der Waals surface area contributed by atoms with Crippen LogP contribution in [0.1, 0.15) is 128 Å². The molecule has 0 saturated carbocycles. The summed E-state index contributed by atoms with van der Waals surface area (Å²) >= 11 is 0. The number of hydrogen-bond acceptors (Lipinski definition) is 3. The lowest BCUT2D eigenvalue weighted by Crippen LogP contribution is -2.33. The van der Waals surface area contributed by atoms with E-state index in [9.17, 15) is 4.79 Å². The van der Waals surface area contributed by atoms with Crippen LogP contribution in [0.5, 0.6) is 0 Å². The quantitative estimate of drug-likeness (QED) is 0.144. The number of anilines is 1. The zero-order valence-electron chi connectivity index (χ0n) is 21.4. The van der Waals surface area contributed by atoms with Gasteiger partial charge in [0.05, 0.1) is 6.20 Å². The van der Waals surface area contributed by atoms with E-state index in [0.29, 0.717) is 12.4 Å². The van der Waals surface area contributed by atoms with Crippen molar-refractivity contribution in [2.24, 2.45) is 0 Å². The molecule has 0 radical (unpaired) electrons. The van der Waals surface area contributed by atoms with Gasteiger partial charge in [-0.05, 0) is 32.1 Å². The summed E-state index contributed by atoms with van der Waals surface area (Å²) in [5.74, 6) is 3.44. The first-order valence-electron chi connectivity index (χ1n) is 13.7. The van der Waals surface area contributed by atoms with Crippen molar-refractivity contribution in [1.82, 2.24) is 14.9 Å². The van der Waals surface area contributed by atoms with Crippen LogP contribution in [0.2, 0.25) is 0 Å². The second-order valence-electron chi connectivity index (χ2n) is 9.43. The maximum atomic E-state index is 12.9. The average Bonchev–Trinajstić information content (AvgIpc) is 3.23. The Labute approximate surface area is 203 Å². The molecule has 33 heavy (non-hydrogen) atoms. The molecule has 1 heterocycles. The van der Waals surface area contributed by atoms with Crippen LogP contribution in [0.15, 0.2) is 6.20 Å². The number of imidazole rings is 1. The number of terminal acetylenes is 1. The van der Waals surface area contributed by atoms with E-state index in [2.05, 4.69) is 27.7 Å². The maximum absolute atomic E-state index is 12.9. The third-order valence-corrected chi connectivity index (χ3v) is 6.37. The van der Waals surface area contributed by atoms with E-state index < -0.39 is 0 Å². The molecule has 0 aliphatic carbocycles. The Morgan fingerprint density at radius 2 is 1.45 bits per heavy atom. The zero-order chi connectivity index (χ0) is 24.0. The number of carbonyl (C=O) groups excluding carboxylic acids is 1. The number of amides is 1. The molecule has 5 heteroatoms. The number of unbranched alkanes of at least 4 members (excludes halogenated alkanes) is 14. The van der Waals surface area contributed by atoms with Gasteiger partial charge in [-0.25, -0.2) is 4.98 Å². The van der Waals surface area contributed by atoms with Crippen molar-refractivity contribution in [1.29, 1.82) is 0 Å². The normalized spacial score (nSPS) is 10.9. The molecular formula is C28H50N4O. The van der Waals surface area contributed by atoms with Crippen molar-refractivity contribution in [2.45, 2.75) is 129 Å². The number of nitrogen functional groups attached to an aromatic ring is 1. The summed E-state index contributed by atoms with van der Waals surface area (Å²) in [7, 11) is 0. The zero-order valence-corrected chi connectivity index (χ0v) is 21.4. The Bertz CT molecular complexity index is 634. The molecule has 188 valence electrons. The Kier molecular flexibility index (Phi) is 18.2. The van der Waals surface area contributed by atoms with Gasteiger partial charge in [-0.15, -0.1) is 12.3 Å². The Morgan fingerprint density at radius 3 is 1.97 bits per heavy atom. The van der Waals surface area contributed by atoms with Crippen LogP contribution in [-0.4, -0.2) is 33.9 Å². The minimum atomic E-state index is 0.290. The van der Waals surface area contributed by atoms with E-state index >= 15 is 0 Å². The minimum absolute atomic E-state index is 0.290. The van der Waals surface area contributed by atoms with Crippen molar-refractivity contribution in [3.63, 3.8) is 0 Å². The monoisotopic (exact) mass is 458 g/mol. The van der Waals surface area contributed by atoms with E-state index in [-0.39, 0.29) is 5.91 Å². The lowest BCUT2D eigenvalue weighted by atomic mass is 10.1. The summed E-state index contributed by atoms with van der Waals surface area (Å²) < 4.78 is 0. The van der Waals surface area contributed by atoms with Gasteiger partial charge in [0.2, 0.25) is 5.91 Å². The fourth-order valence-electron chi connectivity index (χ4n) is 4.30. The number of hydrogen-bond donors (Lipinski definition) is 2. The van der Waals surface area contributed by atoms with Gasteiger partial charge < -0.3 is 15.6 Å². The number of H-pyrrole nitrogens is 1. The highest BCUT2D eigenvalue weighted by Crippen LogP contribution is 2.13. The lowest BCUT2D eigenvalue weighted by Gasteiger charge is -2.23. The van der Waals surface area contributed by atoms with Gasteiger partial charge in [-0.1, -0.05) is 84.0 Å². The maximum Gasteiger partial charge on any atom is 0.222 e. The average molecular weight is 459 g/mol. The summed E-state index contributed by atoms with van der Waals surface area (Å²) in [6.45, 7) is 4.05. The number of rotatable bonds is 22. The van der Waals surface area contributed by atoms with Crippen LogP contribution >= 0.6 is 0 Å². The number of nitrogens with two attached hydrogens (primary N) is 1. The summed E-state index contributed by atoms with van der Waals surface area (Å²) in [5.41, 5.74) is 6.64. The molecule has 0 atom stereocenters. The van der Waals surface area contributed by atoms with Gasteiger partial charge in [0.1, 0.15) is 0 Å². The first kappa shape index (κ1) is 29.1. The number of aryl methyl sites for hydroxylation is 1. The summed E-state index contributed by atoms with van der Waals surface area (Å²) in [5, 5.41) is 0. The fourth-order valence-corrected chi connectivity index (χ4v) is 4.30. The minimum Gasteiger partial charge on any atom is -0.369 e. The van der Waals surface area contributed by atoms with Crippen LogP contribution in [0.4, 0.5) is 5.95 Å². The highest BCUT2D eigenvalue weighted by molar-refractivity contribution is 5.76. The van der Waals surface area contributed by atoms with Crippen molar-refractivity contribution >= 4 is 11.9 Å². The van der Waals surface area contributed by atoms with Gasteiger partial charge >= 0.3 is 0 Å². The van der Waals surface area contributed by atoms with E-state index in [1.54, 1.807) is 6.20 Å². The topological polar surface area (TPSA) is 75.0 Å². The molecule has 0 bridgehead atoms. The SMILES string of the molecule is C#CCCCCCCN(CCCCCCCCCCCCC)C(=O)CCCc1cnc(N)[nH]1. The molecule has 1 rings (SSSR count). The predicted molar refractivity (Wildman–Crippen MR) is 141 cm³/mol. The third-order valence-electron chi connectivity index (χ3n) is 6.37.